The van der Waals surface area contributed by atoms with Crippen LogP contribution >= 0.6 is 23.4 Å². The lowest BCUT2D eigenvalue weighted by atomic mass is 10.1. The van der Waals surface area contributed by atoms with Gasteiger partial charge in [0.15, 0.2) is 0 Å². The van der Waals surface area contributed by atoms with Gasteiger partial charge in [-0.3, -0.25) is 4.79 Å². The molecule has 4 nitrogen and oxygen atoms in total. The Hall–Kier alpha value is -1.53. The van der Waals surface area contributed by atoms with Crippen molar-refractivity contribution in [3.05, 3.63) is 64.7 Å². The number of nitrogens with one attached hydrogen (secondary N) is 1. The molecule has 0 heterocycles. The zero-order chi connectivity index (χ0) is 19.3. The Kier molecular flexibility index (Phi) is 10.3. The summed E-state index contributed by atoms with van der Waals surface area (Å²) >= 11 is 7.52. The highest BCUT2D eigenvalue weighted by Gasteiger charge is 2.03. The van der Waals surface area contributed by atoms with Crippen LogP contribution in [0.4, 0.5) is 0 Å². The minimum atomic E-state index is 0.0508. The van der Waals surface area contributed by atoms with Crippen LogP contribution in [0.5, 0.6) is 0 Å². The molecule has 0 aromatic heterocycles. The van der Waals surface area contributed by atoms with Gasteiger partial charge in [0.1, 0.15) is 0 Å². The van der Waals surface area contributed by atoms with Crippen molar-refractivity contribution in [1.82, 2.24) is 5.32 Å². The van der Waals surface area contributed by atoms with Crippen LogP contribution in [0.25, 0.3) is 0 Å². The first kappa shape index (κ1) is 21.8. The molecule has 0 saturated heterocycles. The van der Waals surface area contributed by atoms with Gasteiger partial charge >= 0.3 is 0 Å². The zero-order valence-electron chi connectivity index (χ0n) is 15.6. The molecule has 0 fully saturated rings. The summed E-state index contributed by atoms with van der Waals surface area (Å²) in [6.45, 7) is 4.94. The molecule has 146 valence electrons. The van der Waals surface area contributed by atoms with Crippen LogP contribution in [-0.2, 0) is 27.4 Å². The van der Waals surface area contributed by atoms with Gasteiger partial charge in [0.25, 0.3) is 0 Å². The molecule has 0 radical (unpaired) electrons. The van der Waals surface area contributed by atoms with E-state index in [4.69, 9.17) is 21.1 Å². The smallest absolute Gasteiger partial charge is 0.221 e. The van der Waals surface area contributed by atoms with Crippen LogP contribution in [0.2, 0.25) is 5.02 Å². The average Bonchev–Trinajstić information content (AvgIpc) is 2.68. The van der Waals surface area contributed by atoms with E-state index in [1.807, 2.05) is 49.4 Å². The van der Waals surface area contributed by atoms with Gasteiger partial charge in [0.05, 0.1) is 19.8 Å². The van der Waals surface area contributed by atoms with Crippen LogP contribution in [0.3, 0.4) is 0 Å². The van der Waals surface area contributed by atoms with Crippen molar-refractivity contribution in [2.45, 2.75) is 31.4 Å². The van der Waals surface area contributed by atoms with Crippen molar-refractivity contribution in [1.29, 1.82) is 0 Å². The van der Waals surface area contributed by atoms with Crippen LogP contribution < -0.4 is 5.32 Å². The van der Waals surface area contributed by atoms with Crippen molar-refractivity contribution in [3.63, 3.8) is 0 Å². The Morgan fingerprint density at radius 1 is 1.07 bits per heavy atom. The lowest BCUT2D eigenvalue weighted by Crippen LogP contribution is -2.23. The predicted molar refractivity (Wildman–Crippen MR) is 111 cm³/mol. The third-order valence-corrected chi connectivity index (χ3v) is 5.00. The molecule has 27 heavy (non-hydrogen) atoms. The van der Waals surface area contributed by atoms with E-state index in [0.29, 0.717) is 39.4 Å². The highest BCUT2D eigenvalue weighted by molar-refractivity contribution is 7.99. The minimum Gasteiger partial charge on any atom is -0.379 e. The van der Waals surface area contributed by atoms with E-state index in [1.54, 1.807) is 11.8 Å². The van der Waals surface area contributed by atoms with Gasteiger partial charge in [0, 0.05) is 35.2 Å². The first-order valence-corrected chi connectivity index (χ1v) is 10.4. The fourth-order valence-corrected chi connectivity index (χ4v) is 3.34. The van der Waals surface area contributed by atoms with E-state index in [2.05, 4.69) is 11.4 Å². The highest BCUT2D eigenvalue weighted by Crippen LogP contribution is 2.20. The Labute approximate surface area is 170 Å². The van der Waals surface area contributed by atoms with Crippen molar-refractivity contribution in [2.75, 3.05) is 25.6 Å². The Morgan fingerprint density at radius 3 is 2.59 bits per heavy atom. The number of rotatable bonds is 12. The Bertz CT molecular complexity index is 694. The lowest BCUT2D eigenvalue weighted by molar-refractivity contribution is -0.120. The summed E-state index contributed by atoms with van der Waals surface area (Å²) < 4.78 is 10.8. The number of ether oxygens (including phenoxy) is 2. The number of carbonyl (C=O) groups is 1. The first-order valence-electron chi connectivity index (χ1n) is 9.05. The zero-order valence-corrected chi connectivity index (χ0v) is 17.2. The fourth-order valence-electron chi connectivity index (χ4n) is 2.36. The van der Waals surface area contributed by atoms with E-state index >= 15 is 0 Å². The molecule has 1 amide bonds. The summed E-state index contributed by atoms with van der Waals surface area (Å²) in [6.07, 6.45) is 0.480. The molecule has 2 aromatic carbocycles. The van der Waals surface area contributed by atoms with E-state index in [1.165, 1.54) is 0 Å². The summed E-state index contributed by atoms with van der Waals surface area (Å²) in [5.41, 5.74) is 2.16. The quantitative estimate of drug-likeness (QED) is 0.409. The second-order valence-electron chi connectivity index (χ2n) is 5.90. The molecule has 6 heteroatoms. The summed E-state index contributed by atoms with van der Waals surface area (Å²) in [6, 6.07) is 15.7. The first-order chi connectivity index (χ1) is 13.2. The lowest BCUT2D eigenvalue weighted by Gasteiger charge is -2.08. The van der Waals surface area contributed by atoms with E-state index in [-0.39, 0.29) is 5.91 Å². The maximum Gasteiger partial charge on any atom is 0.221 e. The largest absolute Gasteiger partial charge is 0.379 e. The SMILES string of the molecule is CCOCCOCc1cccc(CNC(=O)CCSc2ccc(Cl)cc2)c1. The van der Waals surface area contributed by atoms with Crippen molar-refractivity contribution >= 4 is 29.3 Å². The molecule has 0 aliphatic heterocycles. The molecule has 0 atom stereocenters. The molecule has 2 rings (SSSR count). The highest BCUT2D eigenvalue weighted by atomic mass is 35.5. The number of thioether (sulfide) groups is 1. The number of hydrogen-bond acceptors (Lipinski definition) is 4. The van der Waals surface area contributed by atoms with Crippen LogP contribution in [0, 0.1) is 0 Å². The number of carbonyl (C=O) groups excluding carboxylic acids is 1. The Balaban J connectivity index is 1.65. The molecule has 1 N–H and O–H groups in total. The average molecular weight is 408 g/mol. The van der Waals surface area contributed by atoms with Crippen LogP contribution in [0.1, 0.15) is 24.5 Å². The maximum atomic E-state index is 12.0. The standard InChI is InChI=1S/C21H26ClNO3S/c1-2-25-11-12-26-16-18-5-3-4-17(14-18)15-23-21(24)10-13-27-20-8-6-19(22)7-9-20/h3-9,14H,2,10-13,15-16H2,1H3,(H,23,24). The van der Waals surface area contributed by atoms with Gasteiger partial charge in [-0.1, -0.05) is 35.9 Å². The fraction of sp³-hybridized carbons (Fsp3) is 0.381. The van der Waals surface area contributed by atoms with E-state index < -0.39 is 0 Å². The molecular formula is C21H26ClNO3S. The molecule has 0 saturated carbocycles. The minimum absolute atomic E-state index is 0.0508. The summed E-state index contributed by atoms with van der Waals surface area (Å²) in [5.74, 6) is 0.788. The number of amides is 1. The second kappa shape index (κ2) is 12.8. The van der Waals surface area contributed by atoms with Gasteiger partial charge in [-0.15, -0.1) is 11.8 Å². The van der Waals surface area contributed by atoms with Gasteiger partial charge < -0.3 is 14.8 Å². The van der Waals surface area contributed by atoms with E-state index in [0.717, 1.165) is 26.8 Å². The predicted octanol–water partition coefficient (Wildman–Crippen LogP) is 4.69. The maximum absolute atomic E-state index is 12.0. The second-order valence-corrected chi connectivity index (χ2v) is 7.50. The molecule has 0 aliphatic rings. The summed E-state index contributed by atoms with van der Waals surface area (Å²) in [5, 5.41) is 3.69. The van der Waals surface area contributed by atoms with Crippen molar-refractivity contribution < 1.29 is 14.3 Å². The normalized spacial score (nSPS) is 10.7. The van der Waals surface area contributed by atoms with Gasteiger partial charge in [-0.05, 0) is 42.3 Å². The van der Waals surface area contributed by atoms with Crippen LogP contribution in [0.15, 0.2) is 53.4 Å². The third-order valence-electron chi connectivity index (χ3n) is 3.74. The summed E-state index contributed by atoms with van der Waals surface area (Å²) in [7, 11) is 0. The molecule has 0 unspecified atom stereocenters. The topological polar surface area (TPSA) is 47.6 Å². The molecule has 0 aliphatic carbocycles. The van der Waals surface area contributed by atoms with E-state index in [9.17, 15) is 4.79 Å². The van der Waals surface area contributed by atoms with Crippen molar-refractivity contribution in [2.24, 2.45) is 0 Å². The molecule has 0 spiro atoms. The third kappa shape index (κ3) is 9.29. The number of hydrogen-bond donors (Lipinski definition) is 1. The molecular weight excluding hydrogens is 382 g/mol. The number of halogens is 1. The van der Waals surface area contributed by atoms with Gasteiger partial charge in [-0.2, -0.15) is 0 Å². The Morgan fingerprint density at radius 2 is 1.81 bits per heavy atom. The monoisotopic (exact) mass is 407 g/mol. The van der Waals surface area contributed by atoms with Crippen molar-refractivity contribution in [3.8, 4) is 0 Å². The van der Waals surface area contributed by atoms with Gasteiger partial charge in [0.2, 0.25) is 5.91 Å². The van der Waals surface area contributed by atoms with Crippen LogP contribution in [-0.4, -0.2) is 31.5 Å². The number of benzene rings is 2. The molecule has 0 bridgehead atoms. The van der Waals surface area contributed by atoms with Gasteiger partial charge in [-0.25, -0.2) is 0 Å². The summed E-state index contributed by atoms with van der Waals surface area (Å²) in [4.78, 5) is 13.1. The molecule has 2 aromatic rings.